The molecule has 15 heavy (non-hydrogen) atoms. The molecule has 0 aromatic carbocycles. The number of halogens is 3. The van der Waals surface area contributed by atoms with Gasteiger partial charge in [0.15, 0.2) is 0 Å². The Labute approximate surface area is 82.9 Å². The van der Waals surface area contributed by atoms with Gasteiger partial charge >= 0.3 is 12.1 Å². The minimum atomic E-state index is -4.46. The van der Waals surface area contributed by atoms with E-state index in [4.69, 9.17) is 10.2 Å². The highest BCUT2D eigenvalue weighted by Gasteiger charge is 2.28. The molecule has 0 aromatic rings. The topological polar surface area (TPSA) is 86.6 Å². The van der Waals surface area contributed by atoms with E-state index in [-0.39, 0.29) is 0 Å². The summed E-state index contributed by atoms with van der Waals surface area (Å²) in [5, 5.41) is 18.6. The van der Waals surface area contributed by atoms with E-state index in [2.05, 4.69) is 0 Å². The maximum Gasteiger partial charge on any atom is 0.389 e. The van der Waals surface area contributed by atoms with E-state index in [1.807, 2.05) is 0 Å². The number of hydrogen-bond acceptors (Lipinski definition) is 3. The quantitative estimate of drug-likeness (QED) is 0.614. The molecule has 0 aliphatic heterocycles. The molecule has 8 heteroatoms. The number of carboxylic acids is 1. The number of nitrogens with one attached hydrogen (secondary N) is 1. The Bertz CT molecular complexity index is 241. The number of carbonyl (C=O) groups is 2. The minimum Gasteiger partial charge on any atom is -0.480 e. The average Bonchev–Trinajstić information content (AvgIpc) is 2.09. The van der Waals surface area contributed by atoms with Gasteiger partial charge in [-0.3, -0.25) is 4.79 Å². The number of aliphatic carboxylic acids is 1. The largest absolute Gasteiger partial charge is 0.480 e. The second-order valence-corrected chi connectivity index (χ2v) is 2.76. The van der Waals surface area contributed by atoms with Gasteiger partial charge in [-0.15, -0.1) is 0 Å². The zero-order chi connectivity index (χ0) is 12.1. The van der Waals surface area contributed by atoms with Crippen LogP contribution in [0.25, 0.3) is 0 Å². The van der Waals surface area contributed by atoms with Crippen molar-refractivity contribution in [2.24, 2.45) is 0 Å². The Morgan fingerprint density at radius 3 is 2.20 bits per heavy atom. The molecule has 0 fully saturated rings. The number of hydrogen-bond donors (Lipinski definition) is 3. The summed E-state index contributed by atoms with van der Waals surface area (Å²) in [5.41, 5.74) is 0. The summed E-state index contributed by atoms with van der Waals surface area (Å²) in [5.74, 6) is -2.56. The Balaban J connectivity index is 3.98. The zero-order valence-electron chi connectivity index (χ0n) is 7.54. The van der Waals surface area contributed by atoms with Crippen LogP contribution in [0.2, 0.25) is 0 Å². The standard InChI is InChI=1S/C7H10F3NO4/c8-7(9,10)2-1-5(13)11-4(3-12)6(14)15/h4,12H,1-3H2,(H,11,13)(H,14,15)/t4-/m0/s1. The summed E-state index contributed by atoms with van der Waals surface area (Å²) in [6.45, 7) is -0.868. The van der Waals surface area contributed by atoms with Crippen LogP contribution < -0.4 is 5.32 Å². The molecule has 0 radical (unpaired) electrons. The molecule has 0 aliphatic rings. The number of rotatable bonds is 5. The molecule has 1 atom stereocenters. The van der Waals surface area contributed by atoms with Crippen LogP contribution in [0.5, 0.6) is 0 Å². The van der Waals surface area contributed by atoms with Crippen LogP contribution in [-0.2, 0) is 9.59 Å². The van der Waals surface area contributed by atoms with Gasteiger partial charge in [0.2, 0.25) is 5.91 Å². The fourth-order valence-corrected chi connectivity index (χ4v) is 0.707. The molecule has 0 spiro atoms. The number of carboxylic acid groups (broad SMARTS) is 1. The van der Waals surface area contributed by atoms with Crippen molar-refractivity contribution in [1.29, 1.82) is 0 Å². The van der Waals surface area contributed by atoms with Crippen molar-refractivity contribution in [3.05, 3.63) is 0 Å². The normalized spacial score (nSPS) is 13.3. The van der Waals surface area contributed by atoms with Crippen LogP contribution in [0.1, 0.15) is 12.8 Å². The first-order valence-corrected chi connectivity index (χ1v) is 3.96. The van der Waals surface area contributed by atoms with Crippen molar-refractivity contribution in [2.75, 3.05) is 6.61 Å². The van der Waals surface area contributed by atoms with Crippen molar-refractivity contribution >= 4 is 11.9 Å². The first kappa shape index (κ1) is 13.7. The van der Waals surface area contributed by atoms with Gasteiger partial charge in [0.1, 0.15) is 6.04 Å². The van der Waals surface area contributed by atoms with Gasteiger partial charge in [0.05, 0.1) is 13.0 Å². The molecule has 0 aliphatic carbocycles. The van der Waals surface area contributed by atoms with Crippen molar-refractivity contribution in [3.63, 3.8) is 0 Å². The summed E-state index contributed by atoms with van der Waals surface area (Å²) in [7, 11) is 0. The lowest BCUT2D eigenvalue weighted by Gasteiger charge is -2.12. The fourth-order valence-electron chi connectivity index (χ4n) is 0.707. The number of alkyl halides is 3. The third-order valence-electron chi connectivity index (χ3n) is 1.45. The Morgan fingerprint density at radius 2 is 1.87 bits per heavy atom. The van der Waals surface area contributed by atoms with Crippen molar-refractivity contribution < 1.29 is 33.0 Å². The van der Waals surface area contributed by atoms with Crippen LogP contribution in [0.15, 0.2) is 0 Å². The minimum absolute atomic E-state index is 0.854. The summed E-state index contributed by atoms with van der Waals surface area (Å²) < 4.78 is 34.9. The predicted molar refractivity (Wildman–Crippen MR) is 41.9 cm³/mol. The van der Waals surface area contributed by atoms with Crippen LogP contribution in [-0.4, -0.2) is 40.9 Å². The monoisotopic (exact) mass is 229 g/mol. The molecule has 88 valence electrons. The van der Waals surface area contributed by atoms with Gasteiger partial charge in [-0.05, 0) is 0 Å². The van der Waals surface area contributed by atoms with Gasteiger partial charge < -0.3 is 15.5 Å². The molecule has 0 saturated carbocycles. The lowest BCUT2D eigenvalue weighted by Crippen LogP contribution is -2.43. The van der Waals surface area contributed by atoms with Crippen LogP contribution >= 0.6 is 0 Å². The molecule has 0 unspecified atom stereocenters. The van der Waals surface area contributed by atoms with Gasteiger partial charge in [-0.1, -0.05) is 0 Å². The SMILES string of the molecule is O=C(CCC(F)(F)F)N[C@@H](CO)C(=O)O. The average molecular weight is 229 g/mol. The summed E-state index contributed by atoms with van der Waals surface area (Å²) in [6.07, 6.45) is -6.64. The number of aliphatic hydroxyl groups excluding tert-OH is 1. The van der Waals surface area contributed by atoms with Crippen LogP contribution in [0.4, 0.5) is 13.2 Å². The van der Waals surface area contributed by atoms with Gasteiger partial charge in [0.25, 0.3) is 0 Å². The maximum absolute atomic E-state index is 11.6. The third-order valence-corrected chi connectivity index (χ3v) is 1.45. The smallest absolute Gasteiger partial charge is 0.389 e. The predicted octanol–water partition coefficient (Wildman–Crippen LogP) is -0.109. The highest BCUT2D eigenvalue weighted by Crippen LogP contribution is 2.20. The molecule has 0 bridgehead atoms. The number of carbonyl (C=O) groups excluding carboxylic acids is 1. The summed E-state index contributed by atoms with van der Waals surface area (Å²) in [4.78, 5) is 21.0. The second-order valence-electron chi connectivity index (χ2n) is 2.76. The lowest BCUT2D eigenvalue weighted by atomic mass is 10.2. The first-order valence-electron chi connectivity index (χ1n) is 3.96. The van der Waals surface area contributed by atoms with Gasteiger partial charge in [-0.25, -0.2) is 4.79 Å². The summed E-state index contributed by atoms with van der Waals surface area (Å²) >= 11 is 0. The molecule has 3 N–H and O–H groups in total. The van der Waals surface area contributed by atoms with Crippen molar-refractivity contribution in [2.45, 2.75) is 25.1 Å². The van der Waals surface area contributed by atoms with E-state index in [1.165, 1.54) is 0 Å². The highest BCUT2D eigenvalue weighted by atomic mass is 19.4. The van der Waals surface area contributed by atoms with E-state index in [0.717, 1.165) is 0 Å². The Morgan fingerprint density at radius 1 is 1.33 bits per heavy atom. The molecule has 0 saturated heterocycles. The molecule has 0 rings (SSSR count). The van der Waals surface area contributed by atoms with E-state index in [0.29, 0.717) is 0 Å². The molecule has 0 aromatic heterocycles. The highest BCUT2D eigenvalue weighted by molar-refractivity contribution is 5.83. The van der Waals surface area contributed by atoms with E-state index in [1.54, 1.807) is 5.32 Å². The second kappa shape index (κ2) is 5.54. The number of aliphatic hydroxyl groups is 1. The molecular weight excluding hydrogens is 219 g/mol. The molecule has 5 nitrogen and oxygen atoms in total. The zero-order valence-corrected chi connectivity index (χ0v) is 7.54. The molecule has 1 amide bonds. The summed E-state index contributed by atoms with van der Waals surface area (Å²) in [6, 6.07) is -1.56. The van der Waals surface area contributed by atoms with E-state index >= 15 is 0 Å². The maximum atomic E-state index is 11.6. The number of amides is 1. The van der Waals surface area contributed by atoms with Crippen molar-refractivity contribution in [1.82, 2.24) is 5.32 Å². The lowest BCUT2D eigenvalue weighted by molar-refractivity contribution is -0.147. The van der Waals surface area contributed by atoms with E-state index in [9.17, 15) is 22.8 Å². The van der Waals surface area contributed by atoms with Crippen LogP contribution in [0, 0.1) is 0 Å². The Kier molecular flexibility index (Phi) is 5.06. The van der Waals surface area contributed by atoms with Crippen LogP contribution in [0.3, 0.4) is 0 Å². The molecule has 0 heterocycles. The fraction of sp³-hybridized carbons (Fsp3) is 0.714. The molecular formula is C7H10F3NO4. The van der Waals surface area contributed by atoms with Crippen molar-refractivity contribution in [3.8, 4) is 0 Å². The Hall–Kier alpha value is -1.31. The van der Waals surface area contributed by atoms with Gasteiger partial charge in [0, 0.05) is 6.42 Å². The van der Waals surface area contributed by atoms with E-state index < -0.39 is 43.5 Å². The first-order chi connectivity index (χ1) is 6.76. The third kappa shape index (κ3) is 6.72. The van der Waals surface area contributed by atoms with Gasteiger partial charge in [-0.2, -0.15) is 13.2 Å².